The third-order valence-electron chi connectivity index (χ3n) is 3.51. The van der Waals surface area contributed by atoms with Crippen molar-refractivity contribution in [2.75, 3.05) is 13.2 Å². The van der Waals surface area contributed by atoms with Gasteiger partial charge in [0.15, 0.2) is 11.6 Å². The molecule has 1 N–H and O–H groups in total. The lowest BCUT2D eigenvalue weighted by Gasteiger charge is -2.41. The zero-order chi connectivity index (χ0) is 13.2. The summed E-state index contributed by atoms with van der Waals surface area (Å²) in [6.07, 6.45) is -1.65. The van der Waals surface area contributed by atoms with Gasteiger partial charge in [-0.1, -0.05) is 0 Å². The molecule has 0 aromatic carbocycles. The van der Waals surface area contributed by atoms with Gasteiger partial charge in [-0.2, -0.15) is 0 Å². The van der Waals surface area contributed by atoms with Gasteiger partial charge in [0.1, 0.15) is 24.9 Å². The Hall–Kier alpha value is -0.240. The fourth-order valence-electron chi connectivity index (χ4n) is 2.78. The predicted octanol–water partition coefficient (Wildman–Crippen LogP) is 0.377. The van der Waals surface area contributed by atoms with Crippen molar-refractivity contribution < 1.29 is 28.8 Å². The summed E-state index contributed by atoms with van der Waals surface area (Å²) in [5, 5.41) is 10.5. The van der Waals surface area contributed by atoms with Crippen molar-refractivity contribution in [2.45, 2.75) is 63.4 Å². The average molecular weight is 260 g/mol. The SMILES string of the molecule is CC1(C)O[C@H]2[C@H](CO[C@@]3(COC(C)(C)O3)[C@@H]2O)O1. The maximum atomic E-state index is 10.5. The molecule has 0 unspecified atom stereocenters. The molecule has 3 saturated heterocycles. The van der Waals surface area contributed by atoms with E-state index in [0.717, 1.165) is 0 Å². The van der Waals surface area contributed by atoms with E-state index >= 15 is 0 Å². The molecule has 104 valence electrons. The van der Waals surface area contributed by atoms with Crippen LogP contribution >= 0.6 is 0 Å². The van der Waals surface area contributed by atoms with Crippen molar-refractivity contribution in [3.8, 4) is 0 Å². The molecule has 3 aliphatic heterocycles. The van der Waals surface area contributed by atoms with Gasteiger partial charge in [-0.3, -0.25) is 0 Å². The molecule has 4 atom stereocenters. The molecule has 6 nitrogen and oxygen atoms in total. The molecular formula is C12H20O6. The summed E-state index contributed by atoms with van der Waals surface area (Å²) < 4.78 is 28.3. The van der Waals surface area contributed by atoms with E-state index in [1.807, 2.05) is 13.8 Å². The number of ether oxygens (including phenoxy) is 5. The summed E-state index contributed by atoms with van der Waals surface area (Å²) in [5.74, 6) is -2.61. The van der Waals surface area contributed by atoms with Crippen LogP contribution in [0.1, 0.15) is 27.7 Å². The first-order valence-corrected chi connectivity index (χ1v) is 6.25. The fraction of sp³-hybridized carbons (Fsp3) is 1.00. The molecule has 0 bridgehead atoms. The summed E-state index contributed by atoms with van der Waals surface area (Å²) in [5.41, 5.74) is 0. The van der Waals surface area contributed by atoms with Crippen LogP contribution in [-0.2, 0) is 23.7 Å². The Morgan fingerprint density at radius 2 is 1.72 bits per heavy atom. The number of hydrogen-bond donors (Lipinski definition) is 1. The largest absolute Gasteiger partial charge is 0.385 e. The van der Waals surface area contributed by atoms with Gasteiger partial charge in [-0.25, -0.2) is 0 Å². The van der Waals surface area contributed by atoms with Crippen LogP contribution in [0, 0.1) is 0 Å². The quantitative estimate of drug-likeness (QED) is 0.679. The molecule has 3 rings (SSSR count). The van der Waals surface area contributed by atoms with Crippen molar-refractivity contribution in [1.29, 1.82) is 0 Å². The fourth-order valence-corrected chi connectivity index (χ4v) is 2.78. The molecule has 0 aliphatic carbocycles. The van der Waals surface area contributed by atoms with Gasteiger partial charge >= 0.3 is 0 Å². The third-order valence-corrected chi connectivity index (χ3v) is 3.51. The zero-order valence-corrected chi connectivity index (χ0v) is 11.1. The smallest absolute Gasteiger partial charge is 0.224 e. The topological polar surface area (TPSA) is 66.4 Å². The van der Waals surface area contributed by atoms with Crippen LogP contribution in [0.5, 0.6) is 0 Å². The van der Waals surface area contributed by atoms with Gasteiger partial charge in [0.05, 0.1) is 6.61 Å². The maximum absolute atomic E-state index is 10.5. The van der Waals surface area contributed by atoms with Crippen LogP contribution in [0.4, 0.5) is 0 Å². The lowest BCUT2D eigenvalue weighted by molar-refractivity contribution is -0.326. The van der Waals surface area contributed by atoms with Gasteiger partial charge < -0.3 is 28.8 Å². The Balaban J connectivity index is 1.82. The Labute approximate surface area is 106 Å². The van der Waals surface area contributed by atoms with Crippen LogP contribution < -0.4 is 0 Å². The molecule has 1 spiro atoms. The molecule has 0 saturated carbocycles. The Morgan fingerprint density at radius 3 is 2.33 bits per heavy atom. The van der Waals surface area contributed by atoms with Crippen LogP contribution in [0.15, 0.2) is 0 Å². The molecule has 0 amide bonds. The Bertz CT molecular complexity index is 352. The molecule has 0 aromatic heterocycles. The Morgan fingerprint density at radius 1 is 1.00 bits per heavy atom. The van der Waals surface area contributed by atoms with E-state index in [1.165, 1.54) is 0 Å². The van der Waals surface area contributed by atoms with Crippen LogP contribution in [-0.4, -0.2) is 54.0 Å². The number of rotatable bonds is 0. The van der Waals surface area contributed by atoms with E-state index in [4.69, 9.17) is 23.7 Å². The van der Waals surface area contributed by atoms with Crippen molar-refractivity contribution in [3.05, 3.63) is 0 Å². The highest BCUT2D eigenvalue weighted by Gasteiger charge is 2.62. The van der Waals surface area contributed by atoms with Crippen molar-refractivity contribution in [1.82, 2.24) is 0 Å². The van der Waals surface area contributed by atoms with E-state index in [1.54, 1.807) is 13.8 Å². The minimum atomic E-state index is -1.14. The number of aliphatic hydroxyl groups is 1. The monoisotopic (exact) mass is 260 g/mol. The van der Waals surface area contributed by atoms with E-state index < -0.39 is 29.6 Å². The number of aliphatic hydroxyl groups excluding tert-OH is 1. The predicted molar refractivity (Wildman–Crippen MR) is 59.6 cm³/mol. The zero-order valence-electron chi connectivity index (χ0n) is 11.1. The molecular weight excluding hydrogens is 240 g/mol. The normalized spacial score (nSPS) is 49.5. The summed E-state index contributed by atoms with van der Waals surface area (Å²) in [6, 6.07) is 0. The second-order valence-electron chi connectivity index (χ2n) is 6.00. The first-order valence-electron chi connectivity index (χ1n) is 6.25. The first kappa shape index (κ1) is 12.8. The van der Waals surface area contributed by atoms with E-state index in [2.05, 4.69) is 0 Å². The lowest BCUT2D eigenvalue weighted by atomic mass is 9.97. The van der Waals surface area contributed by atoms with Crippen LogP contribution in [0.3, 0.4) is 0 Å². The second kappa shape index (κ2) is 3.65. The standard InChI is InChI=1S/C12H20O6/c1-10(2)15-6-12(18-10)9(13)8-7(5-14-12)16-11(3,4)17-8/h7-9,13H,5-6H2,1-4H3/t7-,8-,9+,12+/m0/s1. The van der Waals surface area contributed by atoms with Gasteiger partial charge in [-0.15, -0.1) is 0 Å². The van der Waals surface area contributed by atoms with Crippen LogP contribution in [0.25, 0.3) is 0 Å². The highest BCUT2D eigenvalue weighted by molar-refractivity contribution is 5.00. The van der Waals surface area contributed by atoms with Crippen molar-refractivity contribution >= 4 is 0 Å². The number of fused-ring (bicyclic) bond motifs is 1. The summed E-state index contributed by atoms with van der Waals surface area (Å²) >= 11 is 0. The minimum absolute atomic E-state index is 0.189. The highest BCUT2D eigenvalue weighted by Crippen LogP contribution is 2.43. The third kappa shape index (κ3) is 1.88. The Kier molecular flexibility index (Phi) is 2.59. The molecule has 3 heterocycles. The molecule has 3 fully saturated rings. The van der Waals surface area contributed by atoms with Gasteiger partial charge in [0, 0.05) is 0 Å². The summed E-state index contributed by atoms with van der Waals surface area (Å²) in [6.45, 7) is 7.74. The highest BCUT2D eigenvalue weighted by atomic mass is 16.9. The molecule has 0 radical (unpaired) electrons. The second-order valence-corrected chi connectivity index (χ2v) is 6.00. The average Bonchev–Trinajstić information content (AvgIpc) is 2.71. The minimum Gasteiger partial charge on any atom is -0.385 e. The molecule has 18 heavy (non-hydrogen) atoms. The molecule has 6 heteroatoms. The number of hydrogen-bond acceptors (Lipinski definition) is 6. The van der Waals surface area contributed by atoms with Crippen molar-refractivity contribution in [3.63, 3.8) is 0 Å². The van der Waals surface area contributed by atoms with Crippen LogP contribution in [0.2, 0.25) is 0 Å². The first-order chi connectivity index (χ1) is 8.23. The summed E-state index contributed by atoms with van der Waals surface area (Å²) in [4.78, 5) is 0. The molecule has 0 aromatic rings. The van der Waals surface area contributed by atoms with Gasteiger partial charge in [-0.05, 0) is 27.7 Å². The van der Waals surface area contributed by atoms with Gasteiger partial charge in [0.25, 0.3) is 0 Å². The van der Waals surface area contributed by atoms with E-state index in [9.17, 15) is 5.11 Å². The maximum Gasteiger partial charge on any atom is 0.224 e. The summed E-state index contributed by atoms with van der Waals surface area (Å²) in [7, 11) is 0. The van der Waals surface area contributed by atoms with Crippen molar-refractivity contribution in [2.24, 2.45) is 0 Å². The van der Waals surface area contributed by atoms with E-state index in [0.29, 0.717) is 6.61 Å². The van der Waals surface area contributed by atoms with Gasteiger partial charge in [0.2, 0.25) is 5.79 Å². The molecule has 3 aliphatic rings. The van der Waals surface area contributed by atoms with E-state index in [-0.39, 0.29) is 12.7 Å². The lowest BCUT2D eigenvalue weighted by Crippen LogP contribution is -2.61.